The Morgan fingerprint density at radius 2 is 2.17 bits per heavy atom. The maximum absolute atomic E-state index is 12.2. The fourth-order valence-corrected chi connectivity index (χ4v) is 3.05. The second kappa shape index (κ2) is 7.34. The van der Waals surface area contributed by atoms with Crippen LogP contribution in [0.25, 0.3) is 0 Å². The van der Waals surface area contributed by atoms with E-state index in [4.69, 9.17) is 11.6 Å². The molecule has 0 fully saturated rings. The number of nitrogens with one attached hydrogen (secondary N) is 2. The standard InChI is InChI=1S/C19H19ClN2O/c20-16-8-4-5-14(13-16)9-11-21-17-10-12-22-19(23)18(17)15-6-2-1-3-7-15/h1-6,8,10,12-13,15H,7,9,11H2,(H2,21,22,23). The topological polar surface area (TPSA) is 44.9 Å². The molecule has 1 aromatic heterocycles. The van der Waals surface area contributed by atoms with E-state index in [0.29, 0.717) is 0 Å². The predicted octanol–water partition coefficient (Wildman–Crippen LogP) is 4.28. The summed E-state index contributed by atoms with van der Waals surface area (Å²) in [5.74, 6) is 0.124. The van der Waals surface area contributed by atoms with Crippen LogP contribution < -0.4 is 10.9 Å². The fourth-order valence-electron chi connectivity index (χ4n) is 2.84. The van der Waals surface area contributed by atoms with Crippen molar-refractivity contribution in [2.24, 2.45) is 0 Å². The molecule has 1 aromatic carbocycles. The van der Waals surface area contributed by atoms with Gasteiger partial charge in [0.25, 0.3) is 5.56 Å². The van der Waals surface area contributed by atoms with Crippen LogP contribution in [0.4, 0.5) is 5.69 Å². The van der Waals surface area contributed by atoms with Crippen molar-refractivity contribution in [1.29, 1.82) is 0 Å². The van der Waals surface area contributed by atoms with Crippen LogP contribution in [0, 0.1) is 0 Å². The van der Waals surface area contributed by atoms with Crippen molar-refractivity contribution in [2.45, 2.75) is 18.8 Å². The third-order valence-corrected chi connectivity index (χ3v) is 4.20. The van der Waals surface area contributed by atoms with Gasteiger partial charge in [0.15, 0.2) is 0 Å². The monoisotopic (exact) mass is 326 g/mol. The molecule has 1 aliphatic carbocycles. The molecule has 1 aliphatic rings. The molecule has 118 valence electrons. The highest BCUT2D eigenvalue weighted by atomic mass is 35.5. The minimum absolute atomic E-state index is 0.0253. The van der Waals surface area contributed by atoms with Gasteiger partial charge >= 0.3 is 0 Å². The molecule has 0 aliphatic heterocycles. The molecule has 1 atom stereocenters. The van der Waals surface area contributed by atoms with Crippen molar-refractivity contribution in [3.8, 4) is 0 Å². The first kappa shape index (κ1) is 15.6. The second-order valence-corrected chi connectivity index (χ2v) is 6.03. The summed E-state index contributed by atoms with van der Waals surface area (Å²) in [6.45, 7) is 0.753. The molecular formula is C19H19ClN2O. The SMILES string of the molecule is O=c1[nH]ccc(NCCc2cccc(Cl)c2)c1C1C=CC=CC1. The maximum Gasteiger partial charge on any atom is 0.253 e. The average molecular weight is 327 g/mol. The van der Waals surface area contributed by atoms with Crippen molar-refractivity contribution >= 4 is 17.3 Å². The lowest BCUT2D eigenvalue weighted by atomic mass is 9.92. The minimum Gasteiger partial charge on any atom is -0.384 e. The summed E-state index contributed by atoms with van der Waals surface area (Å²) < 4.78 is 0. The van der Waals surface area contributed by atoms with Gasteiger partial charge in [-0.05, 0) is 36.6 Å². The molecule has 0 radical (unpaired) electrons. The van der Waals surface area contributed by atoms with Gasteiger partial charge in [-0.25, -0.2) is 0 Å². The molecule has 1 heterocycles. The van der Waals surface area contributed by atoms with Crippen LogP contribution in [0.1, 0.15) is 23.5 Å². The summed E-state index contributed by atoms with van der Waals surface area (Å²) in [6.07, 6.45) is 11.6. The van der Waals surface area contributed by atoms with E-state index in [1.54, 1.807) is 6.20 Å². The second-order valence-electron chi connectivity index (χ2n) is 5.60. The predicted molar refractivity (Wildman–Crippen MR) is 96.3 cm³/mol. The largest absolute Gasteiger partial charge is 0.384 e. The number of halogens is 1. The Bertz CT molecular complexity index is 792. The number of hydrogen-bond acceptors (Lipinski definition) is 2. The highest BCUT2D eigenvalue weighted by molar-refractivity contribution is 6.30. The molecular weight excluding hydrogens is 308 g/mol. The molecule has 3 rings (SSSR count). The van der Waals surface area contributed by atoms with Crippen molar-refractivity contribution in [1.82, 2.24) is 4.98 Å². The highest BCUT2D eigenvalue weighted by Crippen LogP contribution is 2.27. The molecule has 3 nitrogen and oxygen atoms in total. The lowest BCUT2D eigenvalue weighted by Gasteiger charge is -2.17. The summed E-state index contributed by atoms with van der Waals surface area (Å²) in [4.78, 5) is 15.0. The third-order valence-electron chi connectivity index (χ3n) is 3.97. The number of allylic oxidation sites excluding steroid dienone is 4. The van der Waals surface area contributed by atoms with Gasteiger partial charge < -0.3 is 10.3 Å². The maximum atomic E-state index is 12.2. The van der Waals surface area contributed by atoms with Gasteiger partial charge in [-0.3, -0.25) is 4.79 Å². The van der Waals surface area contributed by atoms with E-state index in [9.17, 15) is 4.79 Å². The molecule has 4 heteroatoms. The number of rotatable bonds is 5. The first-order chi connectivity index (χ1) is 11.2. The number of hydrogen-bond donors (Lipinski definition) is 2. The Morgan fingerprint density at radius 1 is 1.26 bits per heavy atom. The summed E-state index contributed by atoms with van der Waals surface area (Å²) in [7, 11) is 0. The Balaban J connectivity index is 1.73. The van der Waals surface area contributed by atoms with Crippen LogP contribution in [0.15, 0.2) is 65.6 Å². The van der Waals surface area contributed by atoms with E-state index in [1.807, 2.05) is 36.4 Å². The summed E-state index contributed by atoms with van der Waals surface area (Å²) in [6, 6.07) is 9.78. The van der Waals surface area contributed by atoms with Gasteiger partial charge in [0.05, 0.1) is 0 Å². The van der Waals surface area contributed by atoms with Gasteiger partial charge in [0.2, 0.25) is 0 Å². The van der Waals surface area contributed by atoms with E-state index in [-0.39, 0.29) is 11.5 Å². The normalized spacial score (nSPS) is 16.5. The zero-order valence-corrected chi connectivity index (χ0v) is 13.5. The molecule has 1 unspecified atom stereocenters. The molecule has 23 heavy (non-hydrogen) atoms. The summed E-state index contributed by atoms with van der Waals surface area (Å²) in [5.41, 5.74) is 2.86. The fraction of sp³-hybridized carbons (Fsp3) is 0.211. The van der Waals surface area contributed by atoms with Crippen LogP contribution in [-0.4, -0.2) is 11.5 Å². The molecule has 0 saturated carbocycles. The van der Waals surface area contributed by atoms with Gasteiger partial charge in [-0.2, -0.15) is 0 Å². The average Bonchev–Trinajstić information content (AvgIpc) is 2.56. The number of benzene rings is 1. The van der Waals surface area contributed by atoms with Crippen molar-refractivity contribution in [3.63, 3.8) is 0 Å². The van der Waals surface area contributed by atoms with Crippen molar-refractivity contribution < 1.29 is 0 Å². The zero-order valence-electron chi connectivity index (χ0n) is 12.8. The van der Waals surface area contributed by atoms with Gasteiger partial charge in [-0.15, -0.1) is 0 Å². The van der Waals surface area contributed by atoms with E-state index in [2.05, 4.69) is 28.5 Å². The smallest absolute Gasteiger partial charge is 0.253 e. The highest BCUT2D eigenvalue weighted by Gasteiger charge is 2.16. The third kappa shape index (κ3) is 3.93. The summed E-state index contributed by atoms with van der Waals surface area (Å²) >= 11 is 6.01. The Kier molecular flexibility index (Phi) is 4.99. The zero-order chi connectivity index (χ0) is 16.1. The Labute approximate surface area is 140 Å². The first-order valence-electron chi connectivity index (χ1n) is 7.77. The van der Waals surface area contributed by atoms with Crippen LogP contribution in [0.2, 0.25) is 5.02 Å². The van der Waals surface area contributed by atoms with E-state index < -0.39 is 0 Å². The van der Waals surface area contributed by atoms with E-state index >= 15 is 0 Å². The van der Waals surface area contributed by atoms with Crippen molar-refractivity contribution in [3.05, 3.63) is 87.3 Å². The number of pyridine rings is 1. The summed E-state index contributed by atoms with van der Waals surface area (Å²) in [5, 5.41) is 4.15. The number of aromatic amines is 1. The van der Waals surface area contributed by atoms with Gasteiger partial charge in [-0.1, -0.05) is 48.0 Å². The van der Waals surface area contributed by atoms with E-state index in [0.717, 1.165) is 35.7 Å². The van der Waals surface area contributed by atoms with Gasteiger partial charge in [0.1, 0.15) is 0 Å². The lowest BCUT2D eigenvalue weighted by Crippen LogP contribution is -2.19. The van der Waals surface area contributed by atoms with Crippen molar-refractivity contribution in [2.75, 3.05) is 11.9 Å². The van der Waals surface area contributed by atoms with E-state index in [1.165, 1.54) is 5.56 Å². The molecule has 0 amide bonds. The van der Waals surface area contributed by atoms with Crippen LogP contribution in [0.3, 0.4) is 0 Å². The molecule has 0 bridgehead atoms. The Hall–Kier alpha value is -2.26. The van der Waals surface area contributed by atoms with Gasteiger partial charge in [0, 0.05) is 34.9 Å². The lowest BCUT2D eigenvalue weighted by molar-refractivity contribution is 0.833. The first-order valence-corrected chi connectivity index (χ1v) is 8.15. The number of anilines is 1. The van der Waals surface area contributed by atoms with Crippen LogP contribution in [0.5, 0.6) is 0 Å². The Morgan fingerprint density at radius 3 is 2.96 bits per heavy atom. The minimum atomic E-state index is -0.0253. The number of H-pyrrole nitrogens is 1. The molecule has 2 N–H and O–H groups in total. The van der Waals surface area contributed by atoms with Crippen LogP contribution >= 0.6 is 11.6 Å². The van der Waals surface area contributed by atoms with Crippen LogP contribution in [-0.2, 0) is 6.42 Å². The quantitative estimate of drug-likeness (QED) is 0.861. The molecule has 0 saturated heterocycles. The molecule has 0 spiro atoms. The number of aromatic nitrogens is 1. The molecule has 2 aromatic rings.